The number of hydrogen-bond donors (Lipinski definition) is 0. The number of aromatic nitrogens is 3. The van der Waals surface area contributed by atoms with Crippen LogP contribution in [0, 0.1) is 0 Å². The Morgan fingerprint density at radius 3 is 1.41 bits per heavy atom. The summed E-state index contributed by atoms with van der Waals surface area (Å²) in [6.45, 7) is 3.58. The average Bonchev–Trinajstić information content (AvgIpc) is 2.89. The van der Waals surface area contributed by atoms with Gasteiger partial charge in [0.05, 0.1) is 0 Å². The summed E-state index contributed by atoms with van der Waals surface area (Å²) < 4.78 is 12.4. The van der Waals surface area contributed by atoms with Crippen molar-refractivity contribution in [1.82, 2.24) is 15.0 Å². The second-order valence-corrected chi connectivity index (χ2v) is 11.7. The van der Waals surface area contributed by atoms with Crippen LogP contribution in [0.15, 0.2) is 109 Å². The zero-order valence-corrected chi connectivity index (χ0v) is 20.0. The summed E-state index contributed by atoms with van der Waals surface area (Å²) in [5.41, 5.74) is 4.90. The SMILES string of the molecule is CP(C)(=O)c1ccc(-c2cccc(-c3nc(-c4ccccc4)nc(-c4ccccc4)n3)c2)cc1. The highest BCUT2D eigenvalue weighted by Gasteiger charge is 2.14. The molecule has 0 aliphatic carbocycles. The van der Waals surface area contributed by atoms with Gasteiger partial charge in [-0.1, -0.05) is 103 Å². The third kappa shape index (κ3) is 4.73. The first-order chi connectivity index (χ1) is 16.5. The molecule has 0 aliphatic heterocycles. The minimum atomic E-state index is -2.28. The number of benzene rings is 4. The van der Waals surface area contributed by atoms with Gasteiger partial charge in [-0.05, 0) is 30.5 Å². The van der Waals surface area contributed by atoms with Crippen molar-refractivity contribution in [3.8, 4) is 45.3 Å². The van der Waals surface area contributed by atoms with Crippen LogP contribution in [0.2, 0.25) is 0 Å². The zero-order chi connectivity index (χ0) is 23.5. The summed E-state index contributed by atoms with van der Waals surface area (Å²) in [5, 5.41) is 0.880. The summed E-state index contributed by atoms with van der Waals surface area (Å²) in [5.74, 6) is 1.90. The Labute approximate surface area is 199 Å². The predicted octanol–water partition coefficient (Wildman–Crippen LogP) is 6.79. The van der Waals surface area contributed by atoms with E-state index in [9.17, 15) is 4.57 Å². The van der Waals surface area contributed by atoms with E-state index in [4.69, 9.17) is 15.0 Å². The first-order valence-corrected chi connectivity index (χ1v) is 13.7. The molecule has 0 saturated heterocycles. The summed E-state index contributed by atoms with van der Waals surface area (Å²) in [4.78, 5) is 14.4. The predicted molar refractivity (Wildman–Crippen MR) is 141 cm³/mol. The van der Waals surface area contributed by atoms with Crippen LogP contribution in [-0.2, 0) is 4.57 Å². The lowest BCUT2D eigenvalue weighted by atomic mass is 10.0. The quantitative estimate of drug-likeness (QED) is 0.271. The lowest BCUT2D eigenvalue weighted by molar-refractivity contribution is 0.588. The van der Waals surface area contributed by atoms with Gasteiger partial charge in [0.2, 0.25) is 0 Å². The molecular weight excluding hydrogens is 437 g/mol. The van der Waals surface area contributed by atoms with Crippen LogP contribution in [0.25, 0.3) is 45.3 Å². The molecule has 0 radical (unpaired) electrons. The molecule has 0 unspecified atom stereocenters. The Morgan fingerprint density at radius 2 is 0.912 bits per heavy atom. The molecule has 0 fully saturated rings. The molecule has 5 rings (SSSR count). The highest BCUT2D eigenvalue weighted by molar-refractivity contribution is 7.70. The monoisotopic (exact) mass is 461 g/mol. The highest BCUT2D eigenvalue weighted by atomic mass is 31.2. The van der Waals surface area contributed by atoms with E-state index in [0.29, 0.717) is 17.5 Å². The maximum absolute atomic E-state index is 12.4. The normalized spacial score (nSPS) is 11.4. The molecule has 4 nitrogen and oxygen atoms in total. The summed E-state index contributed by atoms with van der Waals surface area (Å²) in [7, 11) is -2.28. The van der Waals surface area contributed by atoms with Crippen molar-refractivity contribution in [1.29, 1.82) is 0 Å². The van der Waals surface area contributed by atoms with Crippen LogP contribution in [0.4, 0.5) is 0 Å². The van der Waals surface area contributed by atoms with E-state index in [0.717, 1.165) is 33.1 Å². The number of rotatable bonds is 5. The molecule has 34 heavy (non-hydrogen) atoms. The van der Waals surface area contributed by atoms with Crippen molar-refractivity contribution in [2.75, 3.05) is 13.3 Å². The zero-order valence-electron chi connectivity index (χ0n) is 19.1. The van der Waals surface area contributed by atoms with Gasteiger partial charge in [0.25, 0.3) is 0 Å². The van der Waals surface area contributed by atoms with E-state index < -0.39 is 7.14 Å². The van der Waals surface area contributed by atoms with Gasteiger partial charge >= 0.3 is 0 Å². The summed E-state index contributed by atoms with van der Waals surface area (Å²) >= 11 is 0. The molecule has 166 valence electrons. The fourth-order valence-corrected chi connectivity index (χ4v) is 4.66. The largest absolute Gasteiger partial charge is 0.319 e. The van der Waals surface area contributed by atoms with Gasteiger partial charge in [-0.2, -0.15) is 0 Å². The third-order valence-electron chi connectivity index (χ3n) is 5.64. The fourth-order valence-electron chi connectivity index (χ4n) is 3.79. The minimum absolute atomic E-state index is 0.623. The number of nitrogens with zero attached hydrogens (tertiary/aromatic N) is 3. The van der Waals surface area contributed by atoms with E-state index in [2.05, 4.69) is 12.1 Å². The first-order valence-electron chi connectivity index (χ1n) is 11.1. The van der Waals surface area contributed by atoms with E-state index in [1.165, 1.54) is 0 Å². The van der Waals surface area contributed by atoms with Crippen molar-refractivity contribution in [2.24, 2.45) is 0 Å². The molecule has 4 aromatic carbocycles. The van der Waals surface area contributed by atoms with Gasteiger partial charge in [0, 0.05) is 22.0 Å². The van der Waals surface area contributed by atoms with Gasteiger partial charge in [-0.25, -0.2) is 15.0 Å². The molecule has 0 aliphatic rings. The summed E-state index contributed by atoms with van der Waals surface area (Å²) in [6.07, 6.45) is 0. The topological polar surface area (TPSA) is 55.7 Å². The van der Waals surface area contributed by atoms with Crippen molar-refractivity contribution in [3.05, 3.63) is 109 Å². The van der Waals surface area contributed by atoms with Crippen molar-refractivity contribution >= 4 is 12.4 Å². The molecular formula is C29H24N3OP. The van der Waals surface area contributed by atoms with Crippen molar-refractivity contribution in [2.45, 2.75) is 0 Å². The van der Waals surface area contributed by atoms with Crippen LogP contribution in [-0.4, -0.2) is 28.3 Å². The van der Waals surface area contributed by atoms with Crippen LogP contribution in [0.5, 0.6) is 0 Å². The Balaban J connectivity index is 1.60. The first kappa shape index (κ1) is 21.9. The molecule has 0 amide bonds. The molecule has 0 N–H and O–H groups in total. The van der Waals surface area contributed by atoms with Gasteiger partial charge in [0.15, 0.2) is 17.5 Å². The molecule has 0 atom stereocenters. The van der Waals surface area contributed by atoms with E-state index in [1.807, 2.05) is 97.1 Å². The van der Waals surface area contributed by atoms with Crippen LogP contribution in [0.1, 0.15) is 0 Å². The lowest BCUT2D eigenvalue weighted by Gasteiger charge is -2.10. The Morgan fingerprint density at radius 1 is 0.471 bits per heavy atom. The minimum Gasteiger partial charge on any atom is -0.319 e. The molecule has 1 heterocycles. The third-order valence-corrected chi connectivity index (χ3v) is 7.18. The van der Waals surface area contributed by atoms with Crippen molar-refractivity contribution in [3.63, 3.8) is 0 Å². The second-order valence-electron chi connectivity index (χ2n) is 8.52. The molecule has 0 saturated carbocycles. The fraction of sp³-hybridized carbons (Fsp3) is 0.0690. The van der Waals surface area contributed by atoms with Crippen molar-refractivity contribution < 1.29 is 4.57 Å². The maximum atomic E-state index is 12.4. The maximum Gasteiger partial charge on any atom is 0.164 e. The van der Waals surface area contributed by atoms with Crippen LogP contribution < -0.4 is 5.30 Å². The van der Waals surface area contributed by atoms with Gasteiger partial charge < -0.3 is 4.57 Å². The molecule has 0 bridgehead atoms. The van der Waals surface area contributed by atoms with E-state index in [1.54, 1.807) is 13.3 Å². The molecule has 0 spiro atoms. The van der Waals surface area contributed by atoms with Crippen LogP contribution >= 0.6 is 7.14 Å². The smallest absolute Gasteiger partial charge is 0.164 e. The number of hydrogen-bond acceptors (Lipinski definition) is 4. The summed E-state index contributed by atoms with van der Waals surface area (Å²) in [6, 6.07) is 36.0. The van der Waals surface area contributed by atoms with Gasteiger partial charge in [-0.15, -0.1) is 0 Å². The van der Waals surface area contributed by atoms with Gasteiger partial charge in [0.1, 0.15) is 7.14 Å². The highest BCUT2D eigenvalue weighted by Crippen LogP contribution is 2.35. The lowest BCUT2D eigenvalue weighted by Crippen LogP contribution is -2.01. The van der Waals surface area contributed by atoms with Gasteiger partial charge in [-0.3, -0.25) is 0 Å². The Kier molecular flexibility index (Phi) is 5.91. The second kappa shape index (κ2) is 9.17. The average molecular weight is 462 g/mol. The Bertz CT molecular complexity index is 1420. The van der Waals surface area contributed by atoms with E-state index in [-0.39, 0.29) is 0 Å². The van der Waals surface area contributed by atoms with Crippen LogP contribution in [0.3, 0.4) is 0 Å². The molecule has 1 aromatic heterocycles. The van der Waals surface area contributed by atoms with E-state index >= 15 is 0 Å². The molecule has 5 aromatic rings. The molecule has 5 heteroatoms. The Hall–Kier alpha value is -3.88. The standard InChI is InChI=1S/C29H24N3OP/c1-34(2,33)26-18-16-21(17-19-26)24-14-9-15-25(20-24)29-31-27(22-10-5-3-6-11-22)30-28(32-29)23-12-7-4-8-13-23/h3-20H,1-2H3.